The van der Waals surface area contributed by atoms with E-state index in [2.05, 4.69) is 0 Å². The largest absolute Gasteiger partial charge is 0.478 e. The normalized spacial score (nSPS) is 11.8. The van der Waals surface area contributed by atoms with Crippen molar-refractivity contribution in [2.45, 2.75) is 25.8 Å². The van der Waals surface area contributed by atoms with Crippen LogP contribution in [0.4, 0.5) is 4.39 Å². The molecular formula is C19H20FNO3. The molecule has 0 aromatic heterocycles. The Labute approximate surface area is 140 Å². The van der Waals surface area contributed by atoms with Crippen LogP contribution in [-0.2, 0) is 11.2 Å². The van der Waals surface area contributed by atoms with Crippen LogP contribution < -0.4 is 0 Å². The van der Waals surface area contributed by atoms with Gasteiger partial charge in [0.25, 0.3) is 0 Å². The number of aromatic carboxylic acids is 1. The fourth-order valence-electron chi connectivity index (χ4n) is 2.55. The third kappa shape index (κ3) is 4.19. The third-order valence-electron chi connectivity index (χ3n) is 4.18. The Kier molecular flexibility index (Phi) is 5.68. The zero-order chi connectivity index (χ0) is 17.7. The van der Waals surface area contributed by atoms with Gasteiger partial charge in [-0.25, -0.2) is 9.18 Å². The van der Waals surface area contributed by atoms with Gasteiger partial charge in [0.2, 0.25) is 5.91 Å². The first-order chi connectivity index (χ1) is 11.4. The third-order valence-corrected chi connectivity index (χ3v) is 4.18. The minimum absolute atomic E-state index is 0.0907. The average molecular weight is 329 g/mol. The van der Waals surface area contributed by atoms with Gasteiger partial charge < -0.3 is 10.0 Å². The van der Waals surface area contributed by atoms with Crippen molar-refractivity contribution in [3.8, 4) is 0 Å². The Bertz CT molecular complexity index is 728. The number of amides is 1. The van der Waals surface area contributed by atoms with Crippen molar-refractivity contribution in [1.29, 1.82) is 0 Å². The van der Waals surface area contributed by atoms with E-state index in [-0.39, 0.29) is 29.8 Å². The van der Waals surface area contributed by atoms with Crippen LogP contribution in [0.25, 0.3) is 0 Å². The number of carboxylic acids is 1. The molecule has 2 aromatic carbocycles. The summed E-state index contributed by atoms with van der Waals surface area (Å²) in [7, 11) is 1.69. The number of benzene rings is 2. The van der Waals surface area contributed by atoms with Crippen LogP contribution in [0.1, 0.15) is 40.9 Å². The van der Waals surface area contributed by atoms with E-state index in [9.17, 15) is 19.1 Å². The van der Waals surface area contributed by atoms with Crippen LogP contribution in [0.3, 0.4) is 0 Å². The van der Waals surface area contributed by atoms with Crippen LogP contribution in [0, 0.1) is 5.82 Å². The Morgan fingerprint density at radius 1 is 1.12 bits per heavy atom. The maximum Gasteiger partial charge on any atom is 0.335 e. The van der Waals surface area contributed by atoms with E-state index in [1.807, 2.05) is 6.92 Å². The molecule has 0 saturated heterocycles. The summed E-state index contributed by atoms with van der Waals surface area (Å²) in [6.45, 7) is 1.87. The molecule has 0 aliphatic rings. The number of carbonyl (C=O) groups is 2. The van der Waals surface area contributed by atoms with Crippen molar-refractivity contribution in [1.82, 2.24) is 4.90 Å². The molecular weight excluding hydrogens is 309 g/mol. The van der Waals surface area contributed by atoms with Crippen LogP contribution in [-0.4, -0.2) is 28.9 Å². The van der Waals surface area contributed by atoms with Gasteiger partial charge in [-0.2, -0.15) is 0 Å². The van der Waals surface area contributed by atoms with E-state index in [4.69, 9.17) is 0 Å². The average Bonchev–Trinajstić information content (AvgIpc) is 2.59. The van der Waals surface area contributed by atoms with E-state index in [0.717, 1.165) is 5.56 Å². The lowest BCUT2D eigenvalue weighted by atomic mass is 10.0. The molecule has 2 aromatic rings. The zero-order valence-electron chi connectivity index (χ0n) is 13.7. The fourth-order valence-corrected chi connectivity index (χ4v) is 2.55. The van der Waals surface area contributed by atoms with Crippen molar-refractivity contribution in [2.24, 2.45) is 0 Å². The summed E-state index contributed by atoms with van der Waals surface area (Å²) in [6, 6.07) is 12.5. The van der Waals surface area contributed by atoms with E-state index in [1.54, 1.807) is 42.3 Å². The van der Waals surface area contributed by atoms with Crippen LogP contribution in [0.2, 0.25) is 0 Å². The molecule has 1 N–H and O–H groups in total. The lowest BCUT2D eigenvalue weighted by Gasteiger charge is -2.25. The Hall–Kier alpha value is -2.69. The summed E-state index contributed by atoms with van der Waals surface area (Å²) in [5, 5.41) is 9.17. The number of nitrogens with zero attached hydrogens (tertiary/aromatic N) is 1. The standard InChI is InChI=1S/C19H20FNO3/c1-13(14-7-10-16(20)11-8-14)21(2)18(22)12-9-15-5-3-4-6-17(15)19(23)24/h3-8,10-11,13H,9,12H2,1-2H3,(H,23,24). The molecule has 0 bridgehead atoms. The SMILES string of the molecule is CC(c1ccc(F)cc1)N(C)C(=O)CCc1ccccc1C(=O)O. The first kappa shape index (κ1) is 17.7. The van der Waals surface area contributed by atoms with Gasteiger partial charge in [0.1, 0.15) is 5.82 Å². The summed E-state index contributed by atoms with van der Waals surface area (Å²) in [4.78, 5) is 25.2. The molecule has 126 valence electrons. The minimum Gasteiger partial charge on any atom is -0.478 e. The molecule has 5 heteroatoms. The van der Waals surface area contributed by atoms with Gasteiger partial charge in [-0.1, -0.05) is 30.3 Å². The maximum absolute atomic E-state index is 13.0. The highest BCUT2D eigenvalue weighted by molar-refractivity contribution is 5.89. The number of rotatable bonds is 6. The number of aryl methyl sites for hydroxylation is 1. The molecule has 0 radical (unpaired) electrons. The molecule has 0 saturated carbocycles. The van der Waals surface area contributed by atoms with Crippen molar-refractivity contribution in [2.75, 3.05) is 7.05 Å². The highest BCUT2D eigenvalue weighted by Gasteiger charge is 2.18. The second-order valence-corrected chi connectivity index (χ2v) is 5.69. The van der Waals surface area contributed by atoms with E-state index < -0.39 is 5.97 Å². The fraction of sp³-hybridized carbons (Fsp3) is 0.263. The van der Waals surface area contributed by atoms with Crippen molar-refractivity contribution in [3.63, 3.8) is 0 Å². The Morgan fingerprint density at radius 2 is 1.75 bits per heavy atom. The van der Waals surface area contributed by atoms with Gasteiger partial charge in [-0.05, 0) is 42.7 Å². The molecule has 1 unspecified atom stereocenters. The zero-order valence-corrected chi connectivity index (χ0v) is 13.7. The molecule has 4 nitrogen and oxygen atoms in total. The predicted octanol–water partition coefficient (Wildman–Crippen LogP) is 3.68. The molecule has 24 heavy (non-hydrogen) atoms. The van der Waals surface area contributed by atoms with Gasteiger partial charge in [-0.3, -0.25) is 4.79 Å². The lowest BCUT2D eigenvalue weighted by Crippen LogP contribution is -2.30. The van der Waals surface area contributed by atoms with Crippen molar-refractivity contribution >= 4 is 11.9 Å². The first-order valence-electron chi connectivity index (χ1n) is 7.72. The number of carbonyl (C=O) groups excluding carboxylic acids is 1. The predicted molar refractivity (Wildman–Crippen MR) is 89.3 cm³/mol. The number of carboxylic acid groups (broad SMARTS) is 1. The number of hydrogen-bond donors (Lipinski definition) is 1. The number of hydrogen-bond acceptors (Lipinski definition) is 2. The Morgan fingerprint density at radius 3 is 2.38 bits per heavy atom. The van der Waals surface area contributed by atoms with Gasteiger partial charge in [0.05, 0.1) is 11.6 Å². The quantitative estimate of drug-likeness (QED) is 0.879. The smallest absolute Gasteiger partial charge is 0.335 e. The summed E-state index contributed by atoms with van der Waals surface area (Å²) < 4.78 is 13.0. The van der Waals surface area contributed by atoms with Gasteiger partial charge in [0.15, 0.2) is 0 Å². The molecule has 0 aliphatic heterocycles. The number of halogens is 1. The summed E-state index contributed by atoms with van der Waals surface area (Å²) in [5.74, 6) is -1.40. The second kappa shape index (κ2) is 7.73. The topological polar surface area (TPSA) is 57.6 Å². The van der Waals surface area contributed by atoms with Crippen molar-refractivity contribution in [3.05, 3.63) is 71.0 Å². The molecule has 0 heterocycles. The Balaban J connectivity index is 2.02. The lowest BCUT2D eigenvalue weighted by molar-refractivity contribution is -0.131. The second-order valence-electron chi connectivity index (χ2n) is 5.69. The summed E-state index contributed by atoms with van der Waals surface area (Å²) in [5.41, 5.74) is 1.71. The van der Waals surface area contributed by atoms with E-state index >= 15 is 0 Å². The van der Waals surface area contributed by atoms with E-state index in [1.165, 1.54) is 18.2 Å². The molecule has 2 rings (SSSR count). The summed E-state index contributed by atoms with van der Waals surface area (Å²) in [6.07, 6.45) is 0.577. The first-order valence-corrected chi connectivity index (χ1v) is 7.72. The monoisotopic (exact) mass is 329 g/mol. The van der Waals surface area contributed by atoms with E-state index in [0.29, 0.717) is 12.0 Å². The maximum atomic E-state index is 13.0. The van der Waals surface area contributed by atoms with Gasteiger partial charge in [0, 0.05) is 13.5 Å². The van der Waals surface area contributed by atoms with Crippen molar-refractivity contribution < 1.29 is 19.1 Å². The molecule has 0 fully saturated rings. The molecule has 0 spiro atoms. The van der Waals surface area contributed by atoms with Crippen LogP contribution in [0.5, 0.6) is 0 Å². The van der Waals surface area contributed by atoms with Gasteiger partial charge >= 0.3 is 5.97 Å². The molecule has 0 aliphatic carbocycles. The van der Waals surface area contributed by atoms with Crippen LogP contribution in [0.15, 0.2) is 48.5 Å². The minimum atomic E-state index is -0.994. The molecule has 1 atom stereocenters. The highest BCUT2D eigenvalue weighted by atomic mass is 19.1. The summed E-state index contributed by atoms with van der Waals surface area (Å²) >= 11 is 0. The van der Waals surface area contributed by atoms with Crippen LogP contribution >= 0.6 is 0 Å². The molecule has 1 amide bonds. The van der Waals surface area contributed by atoms with Gasteiger partial charge in [-0.15, -0.1) is 0 Å². The highest BCUT2D eigenvalue weighted by Crippen LogP contribution is 2.20.